The highest BCUT2D eigenvalue weighted by Gasteiger charge is 2.07. The molecule has 1 aromatic rings. The van der Waals surface area contributed by atoms with Crippen LogP contribution in [0.5, 0.6) is 6.01 Å². The van der Waals surface area contributed by atoms with E-state index >= 15 is 0 Å². The summed E-state index contributed by atoms with van der Waals surface area (Å²) in [6.45, 7) is 3.78. The molecule has 0 aliphatic carbocycles. The number of nitrogen functional groups attached to an aromatic ring is 1. The van der Waals surface area contributed by atoms with E-state index in [1.807, 2.05) is 27.9 Å². The van der Waals surface area contributed by atoms with Gasteiger partial charge < -0.3 is 10.5 Å². The zero-order chi connectivity index (χ0) is 11.4. The van der Waals surface area contributed by atoms with Gasteiger partial charge in [-0.2, -0.15) is 15.0 Å². The molecular weight excluding hydrogens is 196 g/mol. The van der Waals surface area contributed by atoms with Gasteiger partial charge in [0.2, 0.25) is 11.9 Å². The summed E-state index contributed by atoms with van der Waals surface area (Å²) in [5, 5.41) is 1.70. The van der Waals surface area contributed by atoms with Crippen LogP contribution in [0.2, 0.25) is 0 Å². The minimum absolute atomic E-state index is 0.000920. The Hall–Kier alpha value is -1.63. The molecule has 0 radical (unpaired) electrons. The SMILES string of the molecule is CC(C)Oc1nc(N)nc(NN(C)C)n1. The molecule has 1 aromatic heterocycles. The number of hydrazine groups is 1. The number of ether oxygens (including phenoxy) is 1. The summed E-state index contributed by atoms with van der Waals surface area (Å²) < 4.78 is 5.32. The Kier molecular flexibility index (Phi) is 3.62. The van der Waals surface area contributed by atoms with Crippen molar-refractivity contribution in [3.05, 3.63) is 0 Å². The lowest BCUT2D eigenvalue weighted by Crippen LogP contribution is -2.22. The van der Waals surface area contributed by atoms with Gasteiger partial charge >= 0.3 is 6.01 Å². The third kappa shape index (κ3) is 3.94. The largest absolute Gasteiger partial charge is 0.461 e. The summed E-state index contributed by atoms with van der Waals surface area (Å²) in [4.78, 5) is 11.8. The van der Waals surface area contributed by atoms with Crippen molar-refractivity contribution in [1.82, 2.24) is 20.0 Å². The molecule has 0 saturated heterocycles. The lowest BCUT2D eigenvalue weighted by atomic mass is 10.5. The molecule has 0 unspecified atom stereocenters. The number of nitrogens with two attached hydrogens (primary N) is 1. The predicted octanol–water partition coefficient (Wildman–Crippen LogP) is 0.129. The fourth-order valence-electron chi connectivity index (χ4n) is 0.886. The average Bonchev–Trinajstić information content (AvgIpc) is 1.98. The standard InChI is InChI=1S/C8H16N6O/c1-5(2)15-8-11-6(9)10-7(12-8)13-14(3)4/h5H,1-4H3,(H3,9,10,11,12,13). The van der Waals surface area contributed by atoms with Crippen LogP contribution in [0.3, 0.4) is 0 Å². The molecule has 0 saturated carbocycles. The van der Waals surface area contributed by atoms with Crippen LogP contribution in [-0.4, -0.2) is 40.2 Å². The van der Waals surface area contributed by atoms with E-state index in [4.69, 9.17) is 10.5 Å². The van der Waals surface area contributed by atoms with Gasteiger partial charge in [-0.25, -0.2) is 5.01 Å². The van der Waals surface area contributed by atoms with E-state index in [-0.39, 0.29) is 18.1 Å². The van der Waals surface area contributed by atoms with Gasteiger partial charge in [-0.1, -0.05) is 0 Å². The van der Waals surface area contributed by atoms with Gasteiger partial charge in [0.1, 0.15) is 0 Å². The summed E-state index contributed by atoms with van der Waals surface area (Å²) in [7, 11) is 3.64. The molecule has 0 fully saturated rings. The Morgan fingerprint density at radius 2 is 1.93 bits per heavy atom. The Morgan fingerprint density at radius 3 is 2.47 bits per heavy atom. The molecule has 84 valence electrons. The molecule has 0 aliphatic heterocycles. The maximum absolute atomic E-state index is 5.51. The number of nitrogens with zero attached hydrogens (tertiary/aromatic N) is 4. The Bertz CT molecular complexity index is 299. The summed E-state index contributed by atoms with van der Waals surface area (Å²) in [6, 6.07) is 0.224. The van der Waals surface area contributed by atoms with E-state index in [0.717, 1.165) is 0 Å². The number of hydrogen-bond donors (Lipinski definition) is 2. The fourth-order valence-corrected chi connectivity index (χ4v) is 0.886. The number of anilines is 2. The van der Waals surface area contributed by atoms with Crippen molar-refractivity contribution in [3.8, 4) is 6.01 Å². The molecule has 3 N–H and O–H groups in total. The van der Waals surface area contributed by atoms with Crippen LogP contribution in [-0.2, 0) is 0 Å². The molecule has 0 aromatic carbocycles. The van der Waals surface area contributed by atoms with Crippen LogP contribution in [0.1, 0.15) is 13.8 Å². The highest BCUT2D eigenvalue weighted by Crippen LogP contribution is 2.10. The third-order valence-electron chi connectivity index (χ3n) is 1.30. The minimum atomic E-state index is -0.000920. The topological polar surface area (TPSA) is 89.2 Å². The first-order valence-electron chi connectivity index (χ1n) is 4.59. The van der Waals surface area contributed by atoms with Crippen molar-refractivity contribution in [2.24, 2.45) is 0 Å². The van der Waals surface area contributed by atoms with E-state index < -0.39 is 0 Å². The minimum Gasteiger partial charge on any atom is -0.461 e. The molecular formula is C8H16N6O. The second-order valence-electron chi connectivity index (χ2n) is 3.47. The number of aromatic nitrogens is 3. The second kappa shape index (κ2) is 4.74. The number of hydrogen-bond acceptors (Lipinski definition) is 7. The molecule has 7 heteroatoms. The van der Waals surface area contributed by atoms with Gasteiger partial charge in [0.05, 0.1) is 6.10 Å². The first-order chi connectivity index (χ1) is 6.97. The lowest BCUT2D eigenvalue weighted by Gasteiger charge is -2.13. The highest BCUT2D eigenvalue weighted by atomic mass is 16.5. The average molecular weight is 212 g/mol. The first-order valence-corrected chi connectivity index (χ1v) is 4.59. The Morgan fingerprint density at radius 1 is 1.27 bits per heavy atom. The molecule has 0 atom stereocenters. The van der Waals surface area contributed by atoms with Crippen LogP contribution in [0.4, 0.5) is 11.9 Å². The molecule has 7 nitrogen and oxygen atoms in total. The van der Waals surface area contributed by atoms with E-state index in [2.05, 4.69) is 20.4 Å². The van der Waals surface area contributed by atoms with Crippen LogP contribution in [0.15, 0.2) is 0 Å². The van der Waals surface area contributed by atoms with Crippen molar-refractivity contribution in [2.45, 2.75) is 20.0 Å². The van der Waals surface area contributed by atoms with Gasteiger partial charge in [0.25, 0.3) is 0 Å². The quantitative estimate of drug-likeness (QED) is 0.685. The van der Waals surface area contributed by atoms with Gasteiger partial charge in [0, 0.05) is 14.1 Å². The maximum Gasteiger partial charge on any atom is 0.323 e. The van der Waals surface area contributed by atoms with Gasteiger partial charge in [0.15, 0.2) is 0 Å². The molecule has 1 heterocycles. The summed E-state index contributed by atoms with van der Waals surface area (Å²) >= 11 is 0. The molecule has 15 heavy (non-hydrogen) atoms. The zero-order valence-corrected chi connectivity index (χ0v) is 9.35. The zero-order valence-electron chi connectivity index (χ0n) is 9.35. The van der Waals surface area contributed by atoms with Crippen LogP contribution >= 0.6 is 0 Å². The molecule has 0 amide bonds. The summed E-state index contributed by atoms with van der Waals surface area (Å²) in [6.07, 6.45) is -0.000920. The summed E-state index contributed by atoms with van der Waals surface area (Å²) in [5.74, 6) is 0.494. The van der Waals surface area contributed by atoms with E-state index in [9.17, 15) is 0 Å². The van der Waals surface area contributed by atoms with E-state index in [0.29, 0.717) is 5.95 Å². The first kappa shape index (κ1) is 11.4. The number of nitrogens with one attached hydrogen (secondary N) is 1. The highest BCUT2D eigenvalue weighted by molar-refractivity contribution is 5.31. The van der Waals surface area contributed by atoms with Crippen LogP contribution in [0, 0.1) is 0 Å². The van der Waals surface area contributed by atoms with Crippen LogP contribution < -0.4 is 15.9 Å². The van der Waals surface area contributed by atoms with Crippen molar-refractivity contribution >= 4 is 11.9 Å². The van der Waals surface area contributed by atoms with Crippen molar-refractivity contribution < 1.29 is 4.74 Å². The van der Waals surface area contributed by atoms with Crippen molar-refractivity contribution in [1.29, 1.82) is 0 Å². The molecule has 0 aliphatic rings. The fraction of sp³-hybridized carbons (Fsp3) is 0.625. The normalized spacial score (nSPS) is 10.8. The molecule has 0 spiro atoms. The van der Waals surface area contributed by atoms with Crippen molar-refractivity contribution in [3.63, 3.8) is 0 Å². The monoisotopic (exact) mass is 212 g/mol. The molecule has 1 rings (SSSR count). The van der Waals surface area contributed by atoms with E-state index in [1.54, 1.807) is 5.01 Å². The molecule has 0 bridgehead atoms. The Labute approximate surface area is 88.6 Å². The predicted molar refractivity (Wildman–Crippen MR) is 57.3 cm³/mol. The third-order valence-corrected chi connectivity index (χ3v) is 1.30. The maximum atomic E-state index is 5.51. The van der Waals surface area contributed by atoms with Gasteiger partial charge in [-0.15, -0.1) is 0 Å². The second-order valence-corrected chi connectivity index (χ2v) is 3.47. The van der Waals surface area contributed by atoms with Crippen LogP contribution in [0.25, 0.3) is 0 Å². The van der Waals surface area contributed by atoms with E-state index in [1.165, 1.54) is 0 Å². The Balaban J connectivity index is 2.84. The lowest BCUT2D eigenvalue weighted by molar-refractivity contribution is 0.222. The summed E-state index contributed by atoms with van der Waals surface area (Å²) in [5.41, 5.74) is 8.38. The number of rotatable bonds is 4. The van der Waals surface area contributed by atoms with Gasteiger partial charge in [-0.05, 0) is 13.8 Å². The van der Waals surface area contributed by atoms with Crippen molar-refractivity contribution in [2.75, 3.05) is 25.3 Å². The van der Waals surface area contributed by atoms with Gasteiger partial charge in [-0.3, -0.25) is 5.43 Å². The smallest absolute Gasteiger partial charge is 0.323 e.